The van der Waals surface area contributed by atoms with E-state index in [1.54, 1.807) is 49.8 Å². The molecule has 0 spiro atoms. The predicted octanol–water partition coefficient (Wildman–Crippen LogP) is 4.94. The second-order valence-electron chi connectivity index (χ2n) is 6.36. The zero-order valence-electron chi connectivity index (χ0n) is 15.6. The van der Waals surface area contributed by atoms with E-state index in [1.165, 1.54) is 11.3 Å². The van der Waals surface area contributed by atoms with Gasteiger partial charge >= 0.3 is 0 Å². The van der Waals surface area contributed by atoms with Gasteiger partial charge in [0.05, 0.1) is 24.7 Å². The van der Waals surface area contributed by atoms with Gasteiger partial charge in [-0.25, -0.2) is 0 Å². The molecule has 4 rings (SSSR count). The average Bonchev–Trinajstić information content (AvgIpc) is 3.38. The number of thiophene rings is 1. The predicted molar refractivity (Wildman–Crippen MR) is 114 cm³/mol. The van der Waals surface area contributed by atoms with Gasteiger partial charge in [-0.05, 0) is 41.8 Å². The molecule has 0 unspecified atom stereocenters. The first-order valence-corrected chi connectivity index (χ1v) is 9.79. The molecule has 0 aliphatic heterocycles. The molecule has 2 amide bonds. The number of hydrogen-bond donors (Lipinski definition) is 2. The number of rotatable bonds is 6. The summed E-state index contributed by atoms with van der Waals surface area (Å²) >= 11 is 1.37. The third kappa shape index (κ3) is 4.30. The van der Waals surface area contributed by atoms with Gasteiger partial charge in [-0.1, -0.05) is 12.1 Å². The van der Waals surface area contributed by atoms with E-state index in [1.807, 2.05) is 23.6 Å². The highest BCUT2D eigenvalue weighted by Crippen LogP contribution is 2.26. The summed E-state index contributed by atoms with van der Waals surface area (Å²) in [5, 5.41) is 8.42. The van der Waals surface area contributed by atoms with E-state index in [9.17, 15) is 9.59 Å². The van der Waals surface area contributed by atoms with E-state index in [0.717, 1.165) is 10.9 Å². The van der Waals surface area contributed by atoms with E-state index in [4.69, 9.17) is 9.15 Å². The van der Waals surface area contributed by atoms with Gasteiger partial charge < -0.3 is 19.8 Å². The van der Waals surface area contributed by atoms with Crippen LogP contribution in [0.5, 0.6) is 5.75 Å². The molecule has 6 nitrogen and oxygen atoms in total. The molecule has 0 atom stereocenters. The van der Waals surface area contributed by atoms with Gasteiger partial charge in [-0.2, -0.15) is 0 Å². The maximum Gasteiger partial charge on any atom is 0.265 e. The van der Waals surface area contributed by atoms with Crippen molar-refractivity contribution in [2.75, 3.05) is 17.7 Å². The van der Waals surface area contributed by atoms with Crippen LogP contribution in [-0.4, -0.2) is 18.9 Å². The van der Waals surface area contributed by atoms with Crippen molar-refractivity contribution in [3.8, 4) is 5.75 Å². The van der Waals surface area contributed by atoms with Crippen molar-refractivity contribution in [3.63, 3.8) is 0 Å². The fraction of sp³-hybridized carbons (Fsp3) is 0.0909. The highest BCUT2D eigenvalue weighted by atomic mass is 32.1. The van der Waals surface area contributed by atoms with Crippen molar-refractivity contribution in [3.05, 3.63) is 76.7 Å². The Morgan fingerprint density at radius 2 is 1.86 bits per heavy atom. The van der Waals surface area contributed by atoms with Crippen molar-refractivity contribution < 1.29 is 18.7 Å². The molecular formula is C22H18N2O4S. The summed E-state index contributed by atoms with van der Waals surface area (Å²) in [5.41, 5.74) is 2.68. The number of hydrogen-bond acceptors (Lipinski definition) is 5. The third-order valence-electron chi connectivity index (χ3n) is 4.36. The van der Waals surface area contributed by atoms with Crippen LogP contribution in [0.4, 0.5) is 11.4 Å². The number of benzene rings is 2. The molecule has 0 fully saturated rings. The molecule has 2 aromatic heterocycles. The van der Waals surface area contributed by atoms with E-state index >= 15 is 0 Å². The van der Waals surface area contributed by atoms with E-state index in [-0.39, 0.29) is 18.2 Å². The van der Waals surface area contributed by atoms with Gasteiger partial charge in [0.2, 0.25) is 5.91 Å². The summed E-state index contributed by atoms with van der Waals surface area (Å²) in [6, 6.07) is 16.1. The summed E-state index contributed by atoms with van der Waals surface area (Å²) in [6.45, 7) is 0. The minimum Gasteiger partial charge on any atom is -0.497 e. The van der Waals surface area contributed by atoms with Gasteiger partial charge in [0.1, 0.15) is 11.3 Å². The van der Waals surface area contributed by atoms with Crippen molar-refractivity contribution in [2.24, 2.45) is 0 Å². The molecule has 2 heterocycles. The number of methoxy groups -OCH3 is 1. The second kappa shape index (κ2) is 8.20. The molecule has 0 radical (unpaired) electrons. The zero-order valence-corrected chi connectivity index (χ0v) is 16.4. The molecule has 0 aliphatic carbocycles. The quantitative estimate of drug-likeness (QED) is 0.475. The molecule has 0 bridgehead atoms. The molecular weight excluding hydrogens is 388 g/mol. The summed E-state index contributed by atoms with van der Waals surface area (Å²) in [5.74, 6) is 0.346. The highest BCUT2D eigenvalue weighted by Gasteiger charge is 2.12. The number of nitrogens with one attached hydrogen (secondary N) is 2. The molecule has 0 aliphatic rings. The average molecular weight is 406 g/mol. The second-order valence-corrected chi connectivity index (χ2v) is 7.31. The molecule has 0 saturated heterocycles. The van der Waals surface area contributed by atoms with Gasteiger partial charge in [0, 0.05) is 28.4 Å². The van der Waals surface area contributed by atoms with Gasteiger partial charge in [-0.3, -0.25) is 9.59 Å². The van der Waals surface area contributed by atoms with Crippen LogP contribution >= 0.6 is 11.3 Å². The lowest BCUT2D eigenvalue weighted by Crippen LogP contribution is -2.15. The number of fused-ring (bicyclic) bond motifs is 1. The fourth-order valence-corrected chi connectivity index (χ4v) is 3.60. The van der Waals surface area contributed by atoms with E-state index in [0.29, 0.717) is 27.6 Å². The molecule has 7 heteroatoms. The Labute approximate surface area is 171 Å². The summed E-state index contributed by atoms with van der Waals surface area (Å²) in [7, 11) is 1.59. The van der Waals surface area contributed by atoms with Crippen LogP contribution in [0.15, 0.2) is 70.7 Å². The first-order chi connectivity index (χ1) is 14.1. The maximum atomic E-state index is 12.5. The molecule has 2 N–H and O–H groups in total. The summed E-state index contributed by atoms with van der Waals surface area (Å²) in [6.07, 6.45) is 1.76. The molecule has 4 aromatic rings. The Balaban J connectivity index is 1.43. The lowest BCUT2D eigenvalue weighted by molar-refractivity contribution is -0.115. The summed E-state index contributed by atoms with van der Waals surface area (Å²) < 4.78 is 10.7. The van der Waals surface area contributed by atoms with Crippen LogP contribution in [0.2, 0.25) is 0 Å². The van der Waals surface area contributed by atoms with Gasteiger partial charge in [-0.15, -0.1) is 11.3 Å². The molecule has 0 saturated carbocycles. The number of carbonyl (C=O) groups excluding carboxylic acids is 2. The molecule has 146 valence electrons. The number of anilines is 2. The Morgan fingerprint density at radius 3 is 2.62 bits per heavy atom. The minimum atomic E-state index is -0.177. The monoisotopic (exact) mass is 406 g/mol. The highest BCUT2D eigenvalue weighted by molar-refractivity contribution is 7.12. The first-order valence-electron chi connectivity index (χ1n) is 8.91. The third-order valence-corrected chi connectivity index (χ3v) is 5.23. The van der Waals surface area contributed by atoms with Crippen LogP contribution in [0.25, 0.3) is 11.0 Å². The van der Waals surface area contributed by atoms with Gasteiger partial charge in [0.15, 0.2) is 0 Å². The lowest BCUT2D eigenvalue weighted by Gasteiger charge is -2.08. The minimum absolute atomic E-state index is 0.172. The maximum absolute atomic E-state index is 12.5. The van der Waals surface area contributed by atoms with Crippen molar-refractivity contribution in [2.45, 2.75) is 6.42 Å². The lowest BCUT2D eigenvalue weighted by atomic mass is 10.1. The van der Waals surface area contributed by atoms with E-state index in [2.05, 4.69) is 10.6 Å². The number of furan rings is 1. The fourth-order valence-electron chi connectivity index (χ4n) is 2.98. The van der Waals surface area contributed by atoms with Crippen LogP contribution in [0.3, 0.4) is 0 Å². The number of ether oxygens (including phenoxy) is 1. The number of carbonyl (C=O) groups is 2. The SMILES string of the molecule is COc1ccc2c(CC(=O)Nc3cccc(NC(=O)c4cccs4)c3)coc2c1. The first kappa shape index (κ1) is 18.8. The molecule has 2 aromatic carbocycles. The Morgan fingerprint density at radius 1 is 1.03 bits per heavy atom. The summed E-state index contributed by atoms with van der Waals surface area (Å²) in [4.78, 5) is 25.3. The van der Waals surface area contributed by atoms with Crippen molar-refractivity contribution >= 4 is 45.5 Å². The molecule has 29 heavy (non-hydrogen) atoms. The smallest absolute Gasteiger partial charge is 0.265 e. The number of amides is 2. The standard InChI is InChI=1S/C22H18N2O4S/c1-27-17-7-8-18-14(13-28-19(18)12-17)10-21(25)23-15-4-2-5-16(11-15)24-22(26)20-6-3-9-29-20/h2-9,11-13H,10H2,1H3,(H,23,25)(H,24,26). The van der Waals surface area contributed by atoms with Crippen LogP contribution in [0, 0.1) is 0 Å². The zero-order chi connectivity index (χ0) is 20.2. The van der Waals surface area contributed by atoms with Crippen molar-refractivity contribution in [1.29, 1.82) is 0 Å². The topological polar surface area (TPSA) is 80.6 Å². The van der Waals surface area contributed by atoms with Gasteiger partial charge in [0.25, 0.3) is 5.91 Å². The Kier molecular flexibility index (Phi) is 5.31. The largest absolute Gasteiger partial charge is 0.497 e. The van der Waals surface area contributed by atoms with E-state index < -0.39 is 0 Å². The normalized spacial score (nSPS) is 10.7. The van der Waals surface area contributed by atoms with Crippen molar-refractivity contribution in [1.82, 2.24) is 0 Å². The van der Waals surface area contributed by atoms with Crippen LogP contribution < -0.4 is 15.4 Å². The Bertz CT molecular complexity index is 1160. The van der Waals surface area contributed by atoms with Crippen LogP contribution in [-0.2, 0) is 11.2 Å². The van der Waals surface area contributed by atoms with Crippen LogP contribution in [0.1, 0.15) is 15.2 Å². The Hall–Kier alpha value is -3.58.